The van der Waals surface area contributed by atoms with E-state index >= 15 is 0 Å². The first kappa shape index (κ1) is 31.1. The molecule has 10 nitrogen and oxygen atoms in total. The fraction of sp³-hybridized carbons (Fsp3) is 0.296. The van der Waals surface area contributed by atoms with Crippen molar-refractivity contribution >= 4 is 28.3 Å². The first-order chi connectivity index (χ1) is 19.4. The fourth-order valence-corrected chi connectivity index (χ4v) is 4.40. The van der Waals surface area contributed by atoms with E-state index in [1.165, 1.54) is 29.5 Å². The number of carbonyl (C=O) groups is 2. The van der Waals surface area contributed by atoms with E-state index in [0.29, 0.717) is 34.9 Å². The number of amides is 2. The van der Waals surface area contributed by atoms with Crippen molar-refractivity contribution in [3.8, 4) is 5.75 Å². The summed E-state index contributed by atoms with van der Waals surface area (Å²) in [5.41, 5.74) is 14.2. The second kappa shape index (κ2) is 14.8. The molecular weight excluding hydrogens is 559 g/mol. The molecular formula is C27H30F3N7O3S. The van der Waals surface area contributed by atoms with Crippen LogP contribution in [0.5, 0.6) is 5.75 Å². The molecule has 0 aliphatic heterocycles. The van der Waals surface area contributed by atoms with E-state index in [1.807, 2.05) is 19.1 Å². The van der Waals surface area contributed by atoms with Crippen LogP contribution in [-0.4, -0.2) is 33.4 Å². The van der Waals surface area contributed by atoms with Crippen LogP contribution in [0.4, 0.5) is 18.3 Å². The number of carbonyl (C=O) groups excluding carboxylic acids is 2. The number of nitrogens with two attached hydrogens (primary N) is 2. The number of halogens is 3. The van der Waals surface area contributed by atoms with Crippen LogP contribution in [0, 0.1) is 6.92 Å². The summed E-state index contributed by atoms with van der Waals surface area (Å²) >= 11 is 1.31. The first-order valence-electron chi connectivity index (χ1n) is 12.6. The van der Waals surface area contributed by atoms with Crippen LogP contribution in [0.3, 0.4) is 0 Å². The maximum Gasteiger partial charge on any atom is 0.573 e. The quantitative estimate of drug-likeness (QED) is 0.172. The summed E-state index contributed by atoms with van der Waals surface area (Å²) in [6.45, 7) is 1.87. The van der Waals surface area contributed by atoms with Gasteiger partial charge in [0.05, 0.1) is 12.8 Å². The molecule has 0 atom stereocenters. The number of pyridine rings is 1. The molecule has 0 saturated heterocycles. The van der Waals surface area contributed by atoms with Gasteiger partial charge in [-0.3, -0.25) is 14.6 Å². The standard InChI is InChI=1S/C27H30F3N7O3S/c1-17-6-4-9-20(33-17)16-24(39)35-26-37-36-25(41-26)11-3-2-8-19(31)12-13-22(32)34-23(38)15-18-7-5-10-21(14-18)40-27(28,29)30/h4-7,9-10,12-14H,2-3,8,11,15-16,31-32H2,1H3,(H,34,38)(H,35,37,39)/b19-12-,22-13+. The number of ether oxygens (including phenoxy) is 1. The molecule has 3 aromatic rings. The molecule has 2 amide bonds. The Balaban J connectivity index is 1.36. The second-order valence-corrected chi connectivity index (χ2v) is 10.0. The third-order valence-corrected chi connectivity index (χ3v) is 6.26. The lowest BCUT2D eigenvalue weighted by Gasteiger charge is -2.10. The maximum atomic E-state index is 12.4. The van der Waals surface area contributed by atoms with Crippen molar-refractivity contribution in [1.29, 1.82) is 0 Å². The molecule has 218 valence electrons. The molecule has 0 spiro atoms. The van der Waals surface area contributed by atoms with Crippen LogP contribution in [-0.2, 0) is 28.9 Å². The van der Waals surface area contributed by atoms with Gasteiger partial charge < -0.3 is 26.8 Å². The molecule has 3 rings (SSSR count). The van der Waals surface area contributed by atoms with Crippen LogP contribution >= 0.6 is 11.3 Å². The Hall–Kier alpha value is -4.46. The minimum atomic E-state index is -4.82. The van der Waals surface area contributed by atoms with E-state index in [4.69, 9.17) is 11.5 Å². The van der Waals surface area contributed by atoms with E-state index in [2.05, 4.69) is 30.6 Å². The van der Waals surface area contributed by atoms with Crippen LogP contribution < -0.4 is 26.8 Å². The lowest BCUT2D eigenvalue weighted by atomic mass is 10.1. The number of aryl methyl sites for hydroxylation is 2. The number of hydrogen-bond donors (Lipinski definition) is 4. The average Bonchev–Trinajstić information content (AvgIpc) is 3.31. The van der Waals surface area contributed by atoms with E-state index in [9.17, 15) is 22.8 Å². The van der Waals surface area contributed by atoms with Gasteiger partial charge in [0.15, 0.2) is 0 Å². The zero-order valence-corrected chi connectivity index (χ0v) is 23.0. The largest absolute Gasteiger partial charge is 0.573 e. The SMILES string of the molecule is Cc1cccc(CC(=O)Nc2nnc(CCCC/C(N)=C/C=C(\N)NC(=O)Cc3cccc(OC(F)(F)F)c3)s2)n1. The molecule has 2 heterocycles. The molecule has 41 heavy (non-hydrogen) atoms. The van der Waals surface area contributed by atoms with Crippen molar-refractivity contribution in [3.63, 3.8) is 0 Å². The van der Waals surface area contributed by atoms with E-state index in [-0.39, 0.29) is 24.6 Å². The van der Waals surface area contributed by atoms with Gasteiger partial charge in [0.2, 0.25) is 16.9 Å². The van der Waals surface area contributed by atoms with Gasteiger partial charge >= 0.3 is 6.36 Å². The normalized spacial score (nSPS) is 12.2. The highest BCUT2D eigenvalue weighted by molar-refractivity contribution is 7.15. The van der Waals surface area contributed by atoms with Crippen LogP contribution in [0.1, 0.15) is 41.2 Å². The number of anilines is 1. The third kappa shape index (κ3) is 12.1. The van der Waals surface area contributed by atoms with Gasteiger partial charge in [-0.25, -0.2) is 0 Å². The van der Waals surface area contributed by atoms with Gasteiger partial charge in [-0.1, -0.05) is 29.5 Å². The van der Waals surface area contributed by atoms with Gasteiger partial charge in [-0.15, -0.1) is 23.4 Å². The Labute approximate surface area is 238 Å². The number of allylic oxidation sites excluding steroid dienone is 3. The predicted molar refractivity (Wildman–Crippen MR) is 148 cm³/mol. The molecule has 0 radical (unpaired) electrons. The van der Waals surface area contributed by atoms with Gasteiger partial charge in [0, 0.05) is 23.5 Å². The first-order valence-corrected chi connectivity index (χ1v) is 13.4. The summed E-state index contributed by atoms with van der Waals surface area (Å²) in [6, 6.07) is 10.7. The third-order valence-electron chi connectivity index (χ3n) is 5.36. The van der Waals surface area contributed by atoms with Gasteiger partial charge in [0.1, 0.15) is 16.6 Å². The van der Waals surface area contributed by atoms with E-state index in [0.717, 1.165) is 35.7 Å². The van der Waals surface area contributed by atoms with Crippen molar-refractivity contribution in [1.82, 2.24) is 20.5 Å². The highest BCUT2D eigenvalue weighted by atomic mass is 32.1. The average molecular weight is 590 g/mol. The van der Waals surface area contributed by atoms with Crippen LogP contribution in [0.25, 0.3) is 0 Å². The number of rotatable bonds is 13. The minimum absolute atomic E-state index is 0.0438. The van der Waals surface area contributed by atoms with Gasteiger partial charge in [0.25, 0.3) is 0 Å². The van der Waals surface area contributed by atoms with Crippen LogP contribution in [0.2, 0.25) is 0 Å². The lowest BCUT2D eigenvalue weighted by molar-refractivity contribution is -0.274. The molecule has 0 unspecified atom stereocenters. The number of benzene rings is 1. The molecule has 14 heteroatoms. The Morgan fingerprint density at radius 1 is 1.02 bits per heavy atom. The number of hydrogen-bond acceptors (Lipinski definition) is 9. The van der Waals surface area contributed by atoms with E-state index < -0.39 is 18.0 Å². The van der Waals surface area contributed by atoms with Crippen LogP contribution in [0.15, 0.2) is 66.1 Å². The highest BCUT2D eigenvalue weighted by Crippen LogP contribution is 2.23. The van der Waals surface area contributed by atoms with Gasteiger partial charge in [-0.05, 0) is 68.2 Å². The predicted octanol–water partition coefficient (Wildman–Crippen LogP) is 4.04. The fourth-order valence-electron chi connectivity index (χ4n) is 3.60. The van der Waals surface area contributed by atoms with Crippen molar-refractivity contribution in [2.45, 2.75) is 51.8 Å². The zero-order chi connectivity index (χ0) is 29.8. The molecule has 0 bridgehead atoms. The molecule has 2 aromatic heterocycles. The number of aromatic nitrogens is 3. The molecule has 0 fully saturated rings. The molecule has 0 aliphatic rings. The number of unbranched alkanes of at least 4 members (excludes halogenated alkanes) is 1. The van der Waals surface area contributed by atoms with Crippen molar-refractivity contribution in [2.75, 3.05) is 5.32 Å². The number of alkyl halides is 3. The molecule has 0 saturated carbocycles. The van der Waals surface area contributed by atoms with Gasteiger partial charge in [-0.2, -0.15) is 0 Å². The summed E-state index contributed by atoms with van der Waals surface area (Å²) in [4.78, 5) is 28.7. The lowest BCUT2D eigenvalue weighted by Crippen LogP contribution is -2.28. The number of nitrogens with zero attached hydrogens (tertiary/aromatic N) is 3. The summed E-state index contributed by atoms with van der Waals surface area (Å²) in [5, 5.41) is 14.6. The van der Waals surface area contributed by atoms with Crippen molar-refractivity contribution < 1.29 is 27.5 Å². The minimum Gasteiger partial charge on any atom is -0.406 e. The Bertz CT molecular complexity index is 1410. The van der Waals surface area contributed by atoms with Crippen molar-refractivity contribution in [2.24, 2.45) is 11.5 Å². The molecule has 6 N–H and O–H groups in total. The Kier molecular flexibility index (Phi) is 11.2. The Morgan fingerprint density at radius 2 is 1.80 bits per heavy atom. The smallest absolute Gasteiger partial charge is 0.406 e. The monoisotopic (exact) mass is 589 g/mol. The number of nitrogens with one attached hydrogen (secondary N) is 2. The molecule has 0 aliphatic carbocycles. The van der Waals surface area contributed by atoms with E-state index in [1.54, 1.807) is 12.1 Å². The Morgan fingerprint density at radius 3 is 2.56 bits per heavy atom. The maximum absolute atomic E-state index is 12.4. The summed E-state index contributed by atoms with van der Waals surface area (Å²) in [5.74, 6) is -1.08. The summed E-state index contributed by atoms with van der Waals surface area (Å²) < 4.78 is 41.0. The second-order valence-electron chi connectivity index (χ2n) is 8.99. The topological polar surface area (TPSA) is 158 Å². The summed E-state index contributed by atoms with van der Waals surface area (Å²) in [6.07, 6.45) is 0.970. The summed E-state index contributed by atoms with van der Waals surface area (Å²) in [7, 11) is 0. The highest BCUT2D eigenvalue weighted by Gasteiger charge is 2.31. The zero-order valence-electron chi connectivity index (χ0n) is 22.2. The molecule has 1 aromatic carbocycles. The van der Waals surface area contributed by atoms with Crippen molar-refractivity contribution in [3.05, 3.63) is 88.1 Å².